The van der Waals surface area contributed by atoms with Crippen LogP contribution in [0, 0.1) is 0 Å². The Kier molecular flexibility index (Phi) is 5.71. The first kappa shape index (κ1) is 21.0. The van der Waals surface area contributed by atoms with Crippen LogP contribution in [0.4, 0.5) is 22.7 Å². The lowest BCUT2D eigenvalue weighted by atomic mass is 9.82. The average molecular weight is 440 g/mol. The first-order valence-corrected chi connectivity index (χ1v) is 11.3. The molecule has 0 aliphatic heterocycles. The smallest absolute Gasteiger partial charge is 0.107 e. The van der Waals surface area contributed by atoms with Crippen molar-refractivity contribution in [2.24, 2.45) is 5.84 Å². The minimum absolute atomic E-state index is 0.465. The zero-order valence-electron chi connectivity index (χ0n) is 18.8. The van der Waals surface area contributed by atoms with E-state index in [4.69, 9.17) is 11.6 Å². The Balaban J connectivity index is 1.35. The summed E-state index contributed by atoms with van der Waals surface area (Å²) in [5.74, 6) is 6.01. The molecule has 0 bridgehead atoms. The largest absolute Gasteiger partial charge is 0.396 e. The van der Waals surface area contributed by atoms with Gasteiger partial charge in [-0.15, -0.1) is 0 Å². The fraction of sp³-hybridized carbons (Fsp3) is 0.231. The monoisotopic (exact) mass is 439 g/mol. The Morgan fingerprint density at radius 3 is 2.73 bits per heavy atom. The summed E-state index contributed by atoms with van der Waals surface area (Å²) in [7, 11) is 2.13. The summed E-state index contributed by atoms with van der Waals surface area (Å²) < 4.78 is 2.16. The Morgan fingerprint density at radius 2 is 1.91 bits per heavy atom. The summed E-state index contributed by atoms with van der Waals surface area (Å²) in [4.78, 5) is 11.2. The predicted molar refractivity (Wildman–Crippen MR) is 134 cm³/mol. The highest BCUT2D eigenvalue weighted by atomic mass is 15.2. The molecular weight excluding hydrogens is 410 g/mol. The van der Waals surface area contributed by atoms with Crippen molar-refractivity contribution >= 4 is 22.7 Å². The highest BCUT2D eigenvalue weighted by molar-refractivity contribution is 5.70. The number of benzene rings is 2. The molecule has 0 fully saturated rings. The van der Waals surface area contributed by atoms with Gasteiger partial charge in [0.2, 0.25) is 0 Å². The lowest BCUT2D eigenvalue weighted by Crippen LogP contribution is -2.16. The van der Waals surface area contributed by atoms with Crippen LogP contribution in [0.1, 0.15) is 29.9 Å². The zero-order valence-corrected chi connectivity index (χ0v) is 18.8. The number of imidazole rings is 1. The minimum atomic E-state index is 0.465. The van der Waals surface area contributed by atoms with Crippen LogP contribution in [-0.4, -0.2) is 21.6 Å². The number of anilines is 4. The minimum Gasteiger partial charge on any atom is -0.396 e. The summed E-state index contributed by atoms with van der Waals surface area (Å²) in [6, 6.07) is 19.2. The van der Waals surface area contributed by atoms with E-state index < -0.39 is 0 Å². The van der Waals surface area contributed by atoms with Gasteiger partial charge < -0.3 is 20.6 Å². The molecule has 1 aliphatic rings. The number of aryl methyl sites for hydroxylation is 1. The number of nitrogen functional groups attached to an aromatic ring is 2. The number of nitrogens with zero attached hydrogens (tertiary/aromatic N) is 4. The molecule has 5 N–H and O–H groups in total. The summed E-state index contributed by atoms with van der Waals surface area (Å²) >= 11 is 0. The van der Waals surface area contributed by atoms with E-state index in [2.05, 4.69) is 74.4 Å². The summed E-state index contributed by atoms with van der Waals surface area (Å²) in [6.07, 6.45) is 9.03. The van der Waals surface area contributed by atoms with Crippen LogP contribution in [0.25, 0.3) is 11.4 Å². The molecule has 0 saturated heterocycles. The number of hydrazine groups is 1. The maximum absolute atomic E-state index is 5.88. The van der Waals surface area contributed by atoms with Crippen molar-refractivity contribution in [3.8, 4) is 11.4 Å². The van der Waals surface area contributed by atoms with Gasteiger partial charge in [-0.1, -0.05) is 24.3 Å². The average Bonchev–Trinajstić information content (AvgIpc) is 3.33. The molecule has 1 aliphatic carbocycles. The fourth-order valence-corrected chi connectivity index (χ4v) is 4.68. The lowest BCUT2D eigenvalue weighted by molar-refractivity contribution is 0.483. The van der Waals surface area contributed by atoms with Gasteiger partial charge in [0.1, 0.15) is 5.69 Å². The maximum Gasteiger partial charge on any atom is 0.107 e. The van der Waals surface area contributed by atoms with E-state index in [0.717, 1.165) is 24.4 Å². The van der Waals surface area contributed by atoms with E-state index in [9.17, 15) is 0 Å². The van der Waals surface area contributed by atoms with Crippen molar-refractivity contribution in [2.75, 3.05) is 23.1 Å². The van der Waals surface area contributed by atoms with Crippen molar-refractivity contribution in [1.82, 2.24) is 14.5 Å². The van der Waals surface area contributed by atoms with E-state index >= 15 is 0 Å². The van der Waals surface area contributed by atoms with Crippen molar-refractivity contribution in [1.29, 1.82) is 0 Å². The van der Waals surface area contributed by atoms with E-state index in [1.165, 1.54) is 35.3 Å². The third-order valence-corrected chi connectivity index (χ3v) is 6.51. The number of aromatic nitrogens is 3. The summed E-state index contributed by atoms with van der Waals surface area (Å²) in [5, 5.41) is 0. The third-order valence-electron chi connectivity index (χ3n) is 6.51. The number of para-hydroxylation sites is 1. The molecule has 1 atom stereocenters. The molecule has 2 heterocycles. The molecule has 5 rings (SSSR count). The van der Waals surface area contributed by atoms with Gasteiger partial charge in [-0.25, -0.2) is 4.98 Å². The number of hydrogen-bond donors (Lipinski definition) is 3. The molecule has 0 spiro atoms. The Bertz CT molecular complexity index is 1250. The van der Waals surface area contributed by atoms with Crippen LogP contribution < -0.4 is 21.9 Å². The van der Waals surface area contributed by atoms with Gasteiger partial charge >= 0.3 is 0 Å². The second-order valence-corrected chi connectivity index (χ2v) is 8.62. The quantitative estimate of drug-likeness (QED) is 0.298. The lowest BCUT2D eigenvalue weighted by Gasteiger charge is -2.28. The number of nitrogens with one attached hydrogen (secondary N) is 1. The Labute approximate surface area is 194 Å². The zero-order chi connectivity index (χ0) is 22.8. The second-order valence-electron chi connectivity index (χ2n) is 8.62. The van der Waals surface area contributed by atoms with E-state index in [1.807, 2.05) is 24.7 Å². The highest BCUT2D eigenvalue weighted by Gasteiger charge is 2.22. The number of pyridine rings is 1. The van der Waals surface area contributed by atoms with Gasteiger partial charge in [0.25, 0.3) is 0 Å². The van der Waals surface area contributed by atoms with E-state index in [1.54, 1.807) is 6.20 Å². The van der Waals surface area contributed by atoms with Crippen LogP contribution in [-0.2, 0) is 13.0 Å². The standard InChI is InChI=1S/C26H29N7/c1-32(20-8-3-2-4-9-20)21-10-11-22-18(12-21)6-5-7-19(22)15-33-16-26(30-17-33)25-13-24(31-28)23(27)14-29-25/h2-4,8-14,16-17,19H,5-7,15,27-28H2,1H3,(H,29,31). The number of rotatable bonds is 6. The van der Waals surface area contributed by atoms with Gasteiger partial charge in [0.15, 0.2) is 0 Å². The van der Waals surface area contributed by atoms with Crippen molar-refractivity contribution in [3.05, 3.63) is 84.4 Å². The van der Waals surface area contributed by atoms with Crippen LogP contribution in [0.2, 0.25) is 0 Å². The Morgan fingerprint density at radius 1 is 1.06 bits per heavy atom. The normalized spacial score (nSPS) is 15.2. The summed E-state index contributed by atoms with van der Waals surface area (Å²) in [6.45, 7) is 0.894. The third kappa shape index (κ3) is 4.27. The molecular formula is C26H29N7. The molecule has 7 heteroatoms. The van der Waals surface area contributed by atoms with Gasteiger partial charge in [0.05, 0.1) is 29.6 Å². The second kappa shape index (κ2) is 8.96. The molecule has 2 aromatic heterocycles. The highest BCUT2D eigenvalue weighted by Crippen LogP contribution is 2.36. The molecule has 33 heavy (non-hydrogen) atoms. The molecule has 7 nitrogen and oxygen atoms in total. The molecule has 1 unspecified atom stereocenters. The van der Waals surface area contributed by atoms with Crippen molar-refractivity contribution < 1.29 is 0 Å². The van der Waals surface area contributed by atoms with E-state index in [-0.39, 0.29) is 0 Å². The maximum atomic E-state index is 5.88. The van der Waals surface area contributed by atoms with Crippen LogP contribution in [0.5, 0.6) is 0 Å². The van der Waals surface area contributed by atoms with Crippen molar-refractivity contribution in [2.45, 2.75) is 31.7 Å². The van der Waals surface area contributed by atoms with Gasteiger partial charge in [-0.2, -0.15) is 0 Å². The van der Waals surface area contributed by atoms with Gasteiger partial charge in [0, 0.05) is 37.1 Å². The van der Waals surface area contributed by atoms with Crippen molar-refractivity contribution in [3.63, 3.8) is 0 Å². The molecule has 4 aromatic rings. The first-order valence-electron chi connectivity index (χ1n) is 11.3. The van der Waals surface area contributed by atoms with Crippen LogP contribution in [0.15, 0.2) is 73.3 Å². The Hall–Kier alpha value is -3.84. The van der Waals surface area contributed by atoms with Crippen LogP contribution >= 0.6 is 0 Å². The predicted octanol–water partition coefficient (Wildman–Crippen LogP) is 4.70. The van der Waals surface area contributed by atoms with Gasteiger partial charge in [-0.3, -0.25) is 10.8 Å². The molecule has 168 valence electrons. The van der Waals surface area contributed by atoms with E-state index in [0.29, 0.717) is 17.3 Å². The van der Waals surface area contributed by atoms with Crippen LogP contribution in [0.3, 0.4) is 0 Å². The molecule has 0 radical (unpaired) electrons. The summed E-state index contributed by atoms with van der Waals surface area (Å²) in [5.41, 5.74) is 16.5. The number of hydrogen-bond acceptors (Lipinski definition) is 6. The fourth-order valence-electron chi connectivity index (χ4n) is 4.68. The first-order chi connectivity index (χ1) is 16.1. The van der Waals surface area contributed by atoms with Gasteiger partial charge in [-0.05, 0) is 60.7 Å². The molecule has 0 saturated carbocycles. The number of fused-ring (bicyclic) bond motifs is 1. The topological polar surface area (TPSA) is 98.0 Å². The molecule has 2 aromatic carbocycles. The SMILES string of the molecule is CN(c1ccccc1)c1ccc2c(c1)CCCC2Cn1cnc(-c2cc(NN)c(N)cn2)c1. The molecule has 0 amide bonds. The number of nitrogens with two attached hydrogens (primary N) is 2.